The van der Waals surface area contributed by atoms with E-state index in [-0.39, 0.29) is 29.4 Å². The molecule has 0 radical (unpaired) electrons. The van der Waals surface area contributed by atoms with Gasteiger partial charge in [-0.1, -0.05) is 17.4 Å². The number of nitrogens with one attached hydrogen (secondary N) is 2. The summed E-state index contributed by atoms with van der Waals surface area (Å²) in [4.78, 5) is 46.4. The summed E-state index contributed by atoms with van der Waals surface area (Å²) in [6, 6.07) is 9.64. The van der Waals surface area contributed by atoms with Gasteiger partial charge in [0.25, 0.3) is 11.8 Å². The molecule has 36 heavy (non-hydrogen) atoms. The summed E-state index contributed by atoms with van der Waals surface area (Å²) >= 11 is 2.81. The van der Waals surface area contributed by atoms with Crippen LogP contribution in [0.3, 0.4) is 0 Å². The number of carbonyl (C=O) groups is 3. The number of fused-ring (bicyclic) bond motifs is 2. The van der Waals surface area contributed by atoms with E-state index < -0.39 is 17.9 Å². The van der Waals surface area contributed by atoms with E-state index in [0.717, 1.165) is 15.8 Å². The molecule has 1 atom stereocenters. The van der Waals surface area contributed by atoms with Crippen molar-refractivity contribution in [2.24, 2.45) is 0 Å². The smallest absolute Gasteiger partial charge is 0.325 e. The average Bonchev–Trinajstić information content (AvgIpc) is 3.58. The second-order valence-corrected chi connectivity index (χ2v) is 9.85. The number of carbonyl (C=O) groups excluding carboxylic acids is 2. The van der Waals surface area contributed by atoms with Crippen LogP contribution in [-0.2, 0) is 11.3 Å². The molecule has 0 saturated carbocycles. The highest BCUT2D eigenvalue weighted by Crippen LogP contribution is 2.28. The molecule has 0 saturated heterocycles. The number of pyridine rings is 1. The van der Waals surface area contributed by atoms with Gasteiger partial charge in [0.2, 0.25) is 0 Å². The van der Waals surface area contributed by atoms with Crippen LogP contribution in [-0.4, -0.2) is 43.3 Å². The summed E-state index contributed by atoms with van der Waals surface area (Å²) in [7, 11) is 0. The Bertz CT molecular complexity index is 1620. The Balaban J connectivity index is 1.48. The number of nitrogens with two attached hydrogens (primary N) is 1. The molecule has 0 fully saturated rings. The molecule has 0 unspecified atom stereocenters. The number of thiophene rings is 1. The van der Waals surface area contributed by atoms with Crippen molar-refractivity contribution >= 4 is 61.5 Å². The predicted octanol–water partition coefficient (Wildman–Crippen LogP) is 3.39. The van der Waals surface area contributed by atoms with Gasteiger partial charge in [-0.15, -0.1) is 0 Å². The Morgan fingerprint density at radius 1 is 1.17 bits per heavy atom. The molecular weight excluding hydrogens is 500 g/mol. The summed E-state index contributed by atoms with van der Waals surface area (Å²) in [5, 5.41) is 18.8. The van der Waals surface area contributed by atoms with Crippen molar-refractivity contribution in [2.45, 2.75) is 19.5 Å². The van der Waals surface area contributed by atoms with Gasteiger partial charge in [-0.3, -0.25) is 18.8 Å². The van der Waals surface area contributed by atoms with Gasteiger partial charge in [-0.05, 0) is 48.2 Å². The number of amides is 2. The van der Waals surface area contributed by atoms with Gasteiger partial charge in [0, 0.05) is 23.7 Å². The van der Waals surface area contributed by atoms with Crippen LogP contribution in [0, 0.1) is 0 Å². The third kappa shape index (κ3) is 4.39. The highest BCUT2D eigenvalue weighted by molar-refractivity contribution is 7.22. The van der Waals surface area contributed by atoms with E-state index in [1.807, 2.05) is 35.0 Å². The number of carboxylic acids is 1. The number of aliphatic carboxylic acids is 1. The minimum Gasteiger partial charge on any atom is -0.480 e. The van der Waals surface area contributed by atoms with Crippen LogP contribution in [0.1, 0.15) is 33.3 Å². The van der Waals surface area contributed by atoms with Crippen molar-refractivity contribution in [1.82, 2.24) is 25.0 Å². The number of hydrogen-bond acceptors (Lipinski definition) is 8. The number of imidazole rings is 1. The number of carboxylic acid groups (broad SMARTS) is 1. The van der Waals surface area contributed by atoms with Gasteiger partial charge in [0.1, 0.15) is 17.4 Å². The number of anilines is 1. The van der Waals surface area contributed by atoms with Crippen molar-refractivity contribution in [3.63, 3.8) is 0 Å². The third-order valence-corrected chi connectivity index (χ3v) is 7.08. The van der Waals surface area contributed by atoms with E-state index in [4.69, 9.17) is 5.73 Å². The van der Waals surface area contributed by atoms with Crippen molar-refractivity contribution in [1.29, 1.82) is 0 Å². The lowest BCUT2D eigenvalue weighted by Gasteiger charge is -2.11. The lowest BCUT2D eigenvalue weighted by Crippen LogP contribution is -2.39. The number of thiazole rings is 1. The zero-order chi connectivity index (χ0) is 25.4. The first kappa shape index (κ1) is 23.5. The first-order valence-corrected chi connectivity index (χ1v) is 12.6. The number of rotatable bonds is 7. The first-order valence-electron chi connectivity index (χ1n) is 10.8. The molecule has 12 heteroatoms. The van der Waals surface area contributed by atoms with E-state index in [1.165, 1.54) is 34.0 Å². The highest BCUT2D eigenvalue weighted by Gasteiger charge is 2.26. The third-order valence-electron chi connectivity index (χ3n) is 5.54. The zero-order valence-electron chi connectivity index (χ0n) is 18.9. The second-order valence-electron chi connectivity index (χ2n) is 8.01. The second kappa shape index (κ2) is 9.40. The maximum absolute atomic E-state index is 13.2. The monoisotopic (exact) mass is 520 g/mol. The Labute approximate surface area is 212 Å². The molecule has 0 aliphatic carbocycles. The molecule has 4 aromatic heterocycles. The summed E-state index contributed by atoms with van der Waals surface area (Å²) in [6.45, 7) is 1.65. The quantitative estimate of drug-likeness (QED) is 0.257. The largest absolute Gasteiger partial charge is 0.480 e. The molecule has 5 N–H and O–H groups in total. The fraction of sp³-hybridized carbons (Fsp3) is 0.125. The number of nitrogens with zero attached hydrogens (tertiary/aromatic N) is 3. The number of hydrogen-bond donors (Lipinski definition) is 4. The summed E-state index contributed by atoms with van der Waals surface area (Å²) < 4.78 is 2.44. The van der Waals surface area contributed by atoms with E-state index >= 15 is 0 Å². The Hall–Kier alpha value is -4.29. The van der Waals surface area contributed by atoms with E-state index in [2.05, 4.69) is 20.6 Å². The minimum absolute atomic E-state index is 0.152. The Kier molecular flexibility index (Phi) is 6.12. The molecule has 4 heterocycles. The van der Waals surface area contributed by atoms with E-state index in [1.54, 1.807) is 18.3 Å². The maximum Gasteiger partial charge on any atom is 0.325 e. The maximum atomic E-state index is 13.2. The molecule has 0 spiro atoms. The van der Waals surface area contributed by atoms with Gasteiger partial charge in [-0.2, -0.15) is 11.3 Å². The topological polar surface area (TPSA) is 152 Å². The van der Waals surface area contributed by atoms with Gasteiger partial charge >= 0.3 is 5.97 Å². The van der Waals surface area contributed by atoms with Crippen LogP contribution in [0.5, 0.6) is 0 Å². The lowest BCUT2D eigenvalue weighted by atomic mass is 10.2. The fourth-order valence-electron chi connectivity index (χ4n) is 3.76. The predicted molar refractivity (Wildman–Crippen MR) is 138 cm³/mol. The summed E-state index contributed by atoms with van der Waals surface area (Å²) in [5.41, 5.74) is 9.24. The van der Waals surface area contributed by atoms with Gasteiger partial charge in [0.05, 0.1) is 15.8 Å². The zero-order valence-corrected chi connectivity index (χ0v) is 20.5. The number of nitrogen functional groups attached to an aromatic ring is 1. The molecule has 0 aliphatic rings. The normalized spacial score (nSPS) is 12.0. The van der Waals surface area contributed by atoms with E-state index in [9.17, 15) is 19.5 Å². The SMILES string of the molecule is C[C@H](NC(=O)c1c(-c2ccsc2)nc2c(C(=O)NCc3ccc4nc(N)sc4c3)cccn12)C(=O)O. The Morgan fingerprint density at radius 2 is 2.00 bits per heavy atom. The Morgan fingerprint density at radius 3 is 2.75 bits per heavy atom. The van der Waals surface area contributed by atoms with Crippen LogP contribution in [0.4, 0.5) is 5.13 Å². The highest BCUT2D eigenvalue weighted by atomic mass is 32.1. The van der Waals surface area contributed by atoms with Crippen LogP contribution >= 0.6 is 22.7 Å². The molecule has 0 bridgehead atoms. The molecule has 0 aliphatic heterocycles. The fourth-order valence-corrected chi connectivity index (χ4v) is 5.20. The van der Waals surface area contributed by atoms with Crippen LogP contribution in [0.15, 0.2) is 53.4 Å². The van der Waals surface area contributed by atoms with Crippen molar-refractivity contribution in [2.75, 3.05) is 5.73 Å². The summed E-state index contributed by atoms with van der Waals surface area (Å²) in [6.07, 6.45) is 1.62. The lowest BCUT2D eigenvalue weighted by molar-refractivity contribution is -0.138. The first-order chi connectivity index (χ1) is 17.3. The molecule has 1 aromatic carbocycles. The van der Waals surface area contributed by atoms with Crippen molar-refractivity contribution in [3.8, 4) is 11.3 Å². The van der Waals surface area contributed by atoms with Crippen LogP contribution in [0.2, 0.25) is 0 Å². The summed E-state index contributed by atoms with van der Waals surface area (Å²) in [5.74, 6) is -2.13. The molecule has 5 rings (SSSR count). The van der Waals surface area contributed by atoms with Crippen LogP contribution in [0.25, 0.3) is 27.1 Å². The van der Waals surface area contributed by atoms with Crippen molar-refractivity contribution in [3.05, 3.63) is 70.2 Å². The molecule has 10 nitrogen and oxygen atoms in total. The van der Waals surface area contributed by atoms with Crippen LogP contribution < -0.4 is 16.4 Å². The average molecular weight is 521 g/mol. The number of benzene rings is 1. The number of aromatic nitrogens is 3. The van der Waals surface area contributed by atoms with E-state index in [0.29, 0.717) is 16.4 Å². The molecule has 2 amide bonds. The van der Waals surface area contributed by atoms with Gasteiger partial charge < -0.3 is 21.5 Å². The molecule has 182 valence electrons. The van der Waals surface area contributed by atoms with Crippen molar-refractivity contribution < 1.29 is 19.5 Å². The van der Waals surface area contributed by atoms with Gasteiger partial charge in [-0.25, -0.2) is 9.97 Å². The molecular formula is C24H20N6O4S2. The van der Waals surface area contributed by atoms with Gasteiger partial charge in [0.15, 0.2) is 10.8 Å². The molecule has 5 aromatic rings. The standard InChI is InChI=1S/C24H20N6O4S2/c1-12(23(33)34)27-22(32)19-18(14-6-8-35-11-14)29-20-15(3-2-7-30(19)20)21(31)26-10-13-4-5-16-17(9-13)36-24(25)28-16/h2-9,11-12H,10H2,1H3,(H2,25,28)(H,26,31)(H,27,32)(H,33,34)/t12-/m0/s1. The minimum atomic E-state index is -1.16.